The lowest BCUT2D eigenvalue weighted by molar-refractivity contribution is 0.411. The first kappa shape index (κ1) is 9.69. The van der Waals surface area contributed by atoms with Crippen LogP contribution in [0.2, 0.25) is 5.02 Å². The van der Waals surface area contributed by atoms with Crippen LogP contribution in [-0.2, 0) is 5.88 Å². The van der Waals surface area contributed by atoms with E-state index in [0.29, 0.717) is 10.9 Å². The molecular weight excluding hydrogens is 195 g/mol. The van der Waals surface area contributed by atoms with E-state index < -0.39 is 0 Å². The molecule has 3 heteroatoms. The van der Waals surface area contributed by atoms with Crippen LogP contribution in [-0.4, -0.2) is 7.11 Å². The molecule has 66 valence electrons. The normalized spacial score (nSPS) is 10.0. The van der Waals surface area contributed by atoms with Crippen LogP contribution in [0.25, 0.3) is 0 Å². The molecule has 0 amide bonds. The van der Waals surface area contributed by atoms with E-state index in [9.17, 15) is 0 Å². The summed E-state index contributed by atoms with van der Waals surface area (Å²) in [7, 11) is 1.60. The number of rotatable bonds is 2. The van der Waals surface area contributed by atoms with Crippen molar-refractivity contribution in [1.82, 2.24) is 0 Å². The van der Waals surface area contributed by atoms with E-state index >= 15 is 0 Å². The Morgan fingerprint density at radius 1 is 1.42 bits per heavy atom. The molecule has 0 radical (unpaired) electrons. The Hall–Kier alpha value is -0.400. The summed E-state index contributed by atoms with van der Waals surface area (Å²) in [5, 5.41) is 0.618. The van der Waals surface area contributed by atoms with E-state index in [2.05, 4.69) is 0 Å². The van der Waals surface area contributed by atoms with E-state index in [-0.39, 0.29) is 0 Å². The van der Waals surface area contributed by atoms with Crippen molar-refractivity contribution in [3.05, 3.63) is 28.3 Å². The van der Waals surface area contributed by atoms with Gasteiger partial charge in [0, 0.05) is 5.88 Å². The monoisotopic (exact) mass is 204 g/mol. The quantitative estimate of drug-likeness (QED) is 0.672. The topological polar surface area (TPSA) is 9.23 Å². The van der Waals surface area contributed by atoms with Gasteiger partial charge in [0.15, 0.2) is 0 Å². The van der Waals surface area contributed by atoms with Crippen molar-refractivity contribution < 1.29 is 4.74 Å². The van der Waals surface area contributed by atoms with Crippen molar-refractivity contribution >= 4 is 23.2 Å². The lowest BCUT2D eigenvalue weighted by Crippen LogP contribution is -1.91. The first-order valence-corrected chi connectivity index (χ1v) is 4.50. The molecule has 0 aromatic heterocycles. The predicted molar refractivity (Wildman–Crippen MR) is 52.3 cm³/mol. The molecule has 0 N–H and O–H groups in total. The largest absolute Gasteiger partial charge is 0.495 e. The van der Waals surface area contributed by atoms with Crippen molar-refractivity contribution in [2.24, 2.45) is 0 Å². The Bertz CT molecular complexity index is 284. The fourth-order valence-electron chi connectivity index (χ4n) is 1.05. The first-order valence-electron chi connectivity index (χ1n) is 3.58. The Morgan fingerprint density at radius 2 is 2.08 bits per heavy atom. The van der Waals surface area contributed by atoms with Crippen LogP contribution in [0.3, 0.4) is 0 Å². The molecule has 0 atom stereocenters. The Morgan fingerprint density at radius 3 is 2.58 bits per heavy atom. The number of hydrogen-bond acceptors (Lipinski definition) is 1. The Balaban J connectivity index is 3.24. The van der Waals surface area contributed by atoms with Crippen LogP contribution in [0.4, 0.5) is 0 Å². The molecule has 0 spiro atoms. The number of ether oxygens (including phenoxy) is 1. The number of benzene rings is 1. The summed E-state index contributed by atoms with van der Waals surface area (Å²) in [5.41, 5.74) is 1.93. The Labute approximate surface area is 82.2 Å². The van der Waals surface area contributed by atoms with Crippen LogP contribution in [0.15, 0.2) is 12.1 Å². The van der Waals surface area contributed by atoms with Gasteiger partial charge in [-0.3, -0.25) is 0 Å². The van der Waals surface area contributed by atoms with Crippen LogP contribution >= 0.6 is 23.2 Å². The van der Waals surface area contributed by atoms with E-state index in [4.69, 9.17) is 27.9 Å². The average molecular weight is 205 g/mol. The second-order valence-corrected chi connectivity index (χ2v) is 3.17. The standard InChI is InChI=1S/C9H10Cl2O/c1-6-3-4-7(5-10)8(11)9(6)12-2/h3-4H,5H2,1-2H3. The van der Waals surface area contributed by atoms with Crippen LogP contribution in [0.1, 0.15) is 11.1 Å². The maximum atomic E-state index is 6.00. The van der Waals surface area contributed by atoms with E-state index in [1.54, 1.807) is 7.11 Å². The van der Waals surface area contributed by atoms with Gasteiger partial charge in [0.1, 0.15) is 5.75 Å². The first-order chi connectivity index (χ1) is 5.70. The number of aryl methyl sites for hydroxylation is 1. The van der Waals surface area contributed by atoms with Crippen molar-refractivity contribution in [1.29, 1.82) is 0 Å². The molecule has 1 rings (SSSR count). The van der Waals surface area contributed by atoms with Gasteiger partial charge in [-0.2, -0.15) is 0 Å². The molecular formula is C9H10Cl2O. The van der Waals surface area contributed by atoms with Gasteiger partial charge >= 0.3 is 0 Å². The summed E-state index contributed by atoms with van der Waals surface area (Å²) in [6, 6.07) is 3.86. The predicted octanol–water partition coefficient (Wildman–Crippen LogP) is 3.40. The van der Waals surface area contributed by atoms with Gasteiger partial charge in [-0.05, 0) is 18.1 Å². The molecule has 1 aromatic carbocycles. The maximum absolute atomic E-state index is 6.00. The molecule has 0 aliphatic rings. The van der Waals surface area contributed by atoms with E-state index in [1.807, 2.05) is 19.1 Å². The zero-order valence-corrected chi connectivity index (χ0v) is 8.54. The summed E-state index contributed by atoms with van der Waals surface area (Å²) in [6.07, 6.45) is 0. The SMILES string of the molecule is COc1c(C)ccc(CCl)c1Cl. The molecule has 1 nitrogen and oxygen atoms in total. The summed E-state index contributed by atoms with van der Waals surface area (Å²) in [4.78, 5) is 0. The third-order valence-electron chi connectivity index (χ3n) is 1.72. The number of halogens is 2. The van der Waals surface area contributed by atoms with Gasteiger partial charge in [-0.1, -0.05) is 23.7 Å². The Kier molecular flexibility index (Phi) is 3.24. The highest BCUT2D eigenvalue weighted by Gasteiger charge is 2.08. The van der Waals surface area contributed by atoms with Gasteiger partial charge in [-0.25, -0.2) is 0 Å². The van der Waals surface area contributed by atoms with Crippen LogP contribution < -0.4 is 4.74 Å². The lowest BCUT2D eigenvalue weighted by atomic mass is 10.1. The minimum atomic E-state index is 0.412. The third-order valence-corrected chi connectivity index (χ3v) is 2.42. The third kappa shape index (κ3) is 1.67. The maximum Gasteiger partial charge on any atom is 0.140 e. The highest BCUT2D eigenvalue weighted by atomic mass is 35.5. The average Bonchev–Trinajstić information content (AvgIpc) is 2.06. The molecule has 0 aliphatic heterocycles. The van der Waals surface area contributed by atoms with Crippen molar-refractivity contribution in [3.8, 4) is 5.75 Å². The fraction of sp³-hybridized carbons (Fsp3) is 0.333. The molecule has 12 heavy (non-hydrogen) atoms. The van der Waals surface area contributed by atoms with Crippen molar-refractivity contribution in [2.75, 3.05) is 7.11 Å². The molecule has 0 heterocycles. The van der Waals surface area contributed by atoms with Gasteiger partial charge in [0.25, 0.3) is 0 Å². The number of hydrogen-bond donors (Lipinski definition) is 0. The number of methoxy groups -OCH3 is 1. The molecule has 1 aromatic rings. The van der Waals surface area contributed by atoms with Crippen molar-refractivity contribution in [2.45, 2.75) is 12.8 Å². The molecule has 0 unspecified atom stereocenters. The minimum absolute atomic E-state index is 0.412. The highest BCUT2D eigenvalue weighted by Crippen LogP contribution is 2.32. The van der Waals surface area contributed by atoms with Crippen molar-refractivity contribution in [3.63, 3.8) is 0 Å². The molecule has 0 saturated heterocycles. The minimum Gasteiger partial charge on any atom is -0.495 e. The smallest absolute Gasteiger partial charge is 0.140 e. The fourth-order valence-corrected chi connectivity index (χ4v) is 1.69. The number of alkyl halides is 1. The van der Waals surface area contributed by atoms with Gasteiger partial charge in [0.05, 0.1) is 12.1 Å². The van der Waals surface area contributed by atoms with Crippen LogP contribution in [0, 0.1) is 6.92 Å². The van der Waals surface area contributed by atoms with Gasteiger partial charge in [0.2, 0.25) is 0 Å². The van der Waals surface area contributed by atoms with E-state index in [0.717, 1.165) is 16.9 Å². The van der Waals surface area contributed by atoms with Gasteiger partial charge in [-0.15, -0.1) is 11.6 Å². The molecule has 0 saturated carbocycles. The summed E-state index contributed by atoms with van der Waals surface area (Å²) >= 11 is 11.7. The van der Waals surface area contributed by atoms with E-state index in [1.165, 1.54) is 0 Å². The summed E-state index contributed by atoms with van der Waals surface area (Å²) in [5.74, 6) is 1.13. The second kappa shape index (κ2) is 4.01. The lowest BCUT2D eigenvalue weighted by Gasteiger charge is -2.09. The molecule has 0 fully saturated rings. The molecule has 0 bridgehead atoms. The van der Waals surface area contributed by atoms with Crippen LogP contribution in [0.5, 0.6) is 5.75 Å². The summed E-state index contributed by atoms with van der Waals surface area (Å²) < 4.78 is 5.13. The summed E-state index contributed by atoms with van der Waals surface area (Å²) in [6.45, 7) is 1.95. The molecule has 0 aliphatic carbocycles. The highest BCUT2D eigenvalue weighted by molar-refractivity contribution is 6.33. The zero-order valence-electron chi connectivity index (χ0n) is 7.03. The van der Waals surface area contributed by atoms with Gasteiger partial charge < -0.3 is 4.74 Å². The second-order valence-electron chi connectivity index (χ2n) is 2.52. The zero-order chi connectivity index (χ0) is 9.14.